The molecule has 0 atom stereocenters. The van der Waals surface area contributed by atoms with Gasteiger partial charge in [0.1, 0.15) is 17.1 Å². The van der Waals surface area contributed by atoms with Crippen molar-refractivity contribution in [2.24, 2.45) is 5.92 Å². The topological polar surface area (TPSA) is 106 Å². The summed E-state index contributed by atoms with van der Waals surface area (Å²) < 4.78 is 20.0. The smallest absolute Gasteiger partial charge is 0.258 e. The molecule has 2 N–H and O–H groups in total. The number of fused-ring (bicyclic) bond motifs is 1. The number of nitrogens with zero attached hydrogens (tertiary/aromatic N) is 4. The Bertz CT molecular complexity index is 1220. The summed E-state index contributed by atoms with van der Waals surface area (Å²) in [4.78, 5) is 21.1. The van der Waals surface area contributed by atoms with E-state index < -0.39 is 11.7 Å². The maximum Gasteiger partial charge on any atom is 0.258 e. The Hall–Kier alpha value is -3.88. The second-order valence-electron chi connectivity index (χ2n) is 7.15. The van der Waals surface area contributed by atoms with Crippen LogP contribution in [0.4, 0.5) is 10.1 Å². The summed E-state index contributed by atoms with van der Waals surface area (Å²) in [6.07, 6.45) is 3.95. The second kappa shape index (κ2) is 7.51. The van der Waals surface area contributed by atoms with Gasteiger partial charge in [-0.15, -0.1) is 5.10 Å². The molecule has 5 rings (SSSR count). The first-order valence-corrected chi connectivity index (χ1v) is 9.53. The number of aromatic amines is 1. The van der Waals surface area contributed by atoms with Crippen molar-refractivity contribution in [1.82, 2.24) is 25.4 Å². The standard InChI is InChI=1S/C21H17FN6O2/c22-17-8-3-13(19-23-10-18-20(25-19)27-28-26-18)9-16(17)21(29)24-14-4-6-15(7-5-14)30-11-12-1-2-12/h3-10,12H,1-2,11H2,(H,24,29)(H,23,25,26,27,28). The summed E-state index contributed by atoms with van der Waals surface area (Å²) in [6, 6.07) is 11.2. The summed E-state index contributed by atoms with van der Waals surface area (Å²) in [5.74, 6) is 0.524. The first kappa shape index (κ1) is 18.2. The highest BCUT2D eigenvalue weighted by molar-refractivity contribution is 6.05. The summed E-state index contributed by atoms with van der Waals surface area (Å²) in [5.41, 5.74) is 1.84. The molecule has 8 nitrogen and oxygen atoms in total. The number of hydrogen-bond acceptors (Lipinski definition) is 6. The normalized spacial score (nSPS) is 13.4. The molecule has 2 aromatic heterocycles. The van der Waals surface area contributed by atoms with Crippen molar-refractivity contribution in [3.8, 4) is 17.1 Å². The molecule has 1 amide bonds. The maximum atomic E-state index is 14.3. The van der Waals surface area contributed by atoms with Crippen molar-refractivity contribution in [3.63, 3.8) is 0 Å². The molecule has 0 bridgehead atoms. The first-order chi connectivity index (χ1) is 14.7. The van der Waals surface area contributed by atoms with E-state index in [1.54, 1.807) is 24.3 Å². The van der Waals surface area contributed by atoms with Crippen LogP contribution in [0.2, 0.25) is 0 Å². The number of hydrogen-bond donors (Lipinski definition) is 2. The maximum absolute atomic E-state index is 14.3. The minimum atomic E-state index is -0.636. The number of carbonyl (C=O) groups excluding carboxylic acids is 1. The summed E-state index contributed by atoms with van der Waals surface area (Å²) in [7, 11) is 0. The Morgan fingerprint density at radius 2 is 2.00 bits per heavy atom. The molecule has 0 radical (unpaired) electrons. The van der Waals surface area contributed by atoms with Gasteiger partial charge in [0, 0.05) is 11.3 Å². The van der Waals surface area contributed by atoms with Gasteiger partial charge in [0.25, 0.3) is 5.91 Å². The molecule has 0 spiro atoms. The molecule has 2 heterocycles. The molecule has 4 aromatic rings. The van der Waals surface area contributed by atoms with Crippen molar-refractivity contribution in [3.05, 3.63) is 60.0 Å². The number of nitrogens with one attached hydrogen (secondary N) is 2. The summed E-state index contributed by atoms with van der Waals surface area (Å²) >= 11 is 0. The quantitative estimate of drug-likeness (QED) is 0.509. The van der Waals surface area contributed by atoms with E-state index in [1.165, 1.54) is 37.2 Å². The Labute approximate surface area is 170 Å². The third-order valence-electron chi connectivity index (χ3n) is 4.84. The van der Waals surface area contributed by atoms with Gasteiger partial charge in [-0.05, 0) is 61.2 Å². The predicted octanol–water partition coefficient (Wildman–Crippen LogP) is 3.60. The molecule has 9 heteroatoms. The minimum Gasteiger partial charge on any atom is -0.493 e. The van der Waals surface area contributed by atoms with E-state index in [1.807, 2.05) is 0 Å². The fraction of sp³-hybridized carbons (Fsp3) is 0.190. The Morgan fingerprint density at radius 1 is 1.17 bits per heavy atom. The summed E-state index contributed by atoms with van der Waals surface area (Å²) in [6.45, 7) is 0.714. The number of H-pyrrole nitrogens is 1. The van der Waals surface area contributed by atoms with Gasteiger partial charge in [-0.25, -0.2) is 14.4 Å². The van der Waals surface area contributed by atoms with E-state index in [0.29, 0.717) is 40.8 Å². The SMILES string of the molecule is O=C(Nc1ccc(OCC2CC2)cc1)c1cc(-c2ncc3n[nH]nc3n2)ccc1F. The van der Waals surface area contributed by atoms with Crippen molar-refractivity contribution >= 4 is 22.8 Å². The third kappa shape index (κ3) is 3.82. The van der Waals surface area contributed by atoms with Crippen LogP contribution in [-0.4, -0.2) is 37.9 Å². The zero-order chi connectivity index (χ0) is 20.5. The van der Waals surface area contributed by atoms with Crippen molar-refractivity contribution in [2.75, 3.05) is 11.9 Å². The molecule has 0 saturated heterocycles. The number of halogens is 1. The number of rotatable bonds is 6. The molecule has 1 saturated carbocycles. The number of ether oxygens (including phenoxy) is 1. The van der Waals surface area contributed by atoms with E-state index in [-0.39, 0.29) is 5.56 Å². The summed E-state index contributed by atoms with van der Waals surface area (Å²) in [5, 5.41) is 13.0. The molecule has 1 fully saturated rings. The highest BCUT2D eigenvalue weighted by Crippen LogP contribution is 2.30. The molecule has 1 aliphatic rings. The lowest BCUT2D eigenvalue weighted by Crippen LogP contribution is -2.14. The van der Waals surface area contributed by atoms with Crippen LogP contribution in [0.3, 0.4) is 0 Å². The molecule has 1 aliphatic carbocycles. The van der Waals surface area contributed by atoms with Gasteiger partial charge in [0.2, 0.25) is 5.65 Å². The number of carbonyl (C=O) groups is 1. The predicted molar refractivity (Wildman–Crippen MR) is 107 cm³/mol. The average Bonchev–Trinajstić information content (AvgIpc) is 3.48. The molecule has 0 aliphatic heterocycles. The highest BCUT2D eigenvalue weighted by Gasteiger charge is 2.22. The van der Waals surface area contributed by atoms with Crippen LogP contribution in [0.1, 0.15) is 23.2 Å². The van der Waals surface area contributed by atoms with Crippen LogP contribution < -0.4 is 10.1 Å². The fourth-order valence-corrected chi connectivity index (χ4v) is 2.96. The molecule has 2 aromatic carbocycles. The molecule has 0 unspecified atom stereocenters. The first-order valence-electron chi connectivity index (χ1n) is 9.53. The number of amides is 1. The van der Waals surface area contributed by atoms with Crippen LogP contribution in [0, 0.1) is 11.7 Å². The zero-order valence-corrected chi connectivity index (χ0v) is 15.8. The largest absolute Gasteiger partial charge is 0.493 e. The molecule has 30 heavy (non-hydrogen) atoms. The molecule has 150 valence electrons. The zero-order valence-electron chi connectivity index (χ0n) is 15.8. The van der Waals surface area contributed by atoms with Gasteiger partial charge in [-0.3, -0.25) is 4.79 Å². The van der Waals surface area contributed by atoms with Crippen LogP contribution in [0.5, 0.6) is 5.75 Å². The van der Waals surface area contributed by atoms with Crippen LogP contribution in [0.15, 0.2) is 48.7 Å². The van der Waals surface area contributed by atoms with E-state index in [0.717, 1.165) is 5.75 Å². The van der Waals surface area contributed by atoms with Gasteiger partial charge in [0.15, 0.2) is 5.82 Å². The lowest BCUT2D eigenvalue weighted by Gasteiger charge is -2.09. The number of benzene rings is 2. The Kier molecular flexibility index (Phi) is 4.55. The van der Waals surface area contributed by atoms with E-state index in [2.05, 4.69) is 30.7 Å². The van der Waals surface area contributed by atoms with Gasteiger partial charge in [-0.2, -0.15) is 10.3 Å². The van der Waals surface area contributed by atoms with Crippen LogP contribution in [-0.2, 0) is 0 Å². The van der Waals surface area contributed by atoms with Gasteiger partial charge in [-0.1, -0.05) is 0 Å². The lowest BCUT2D eigenvalue weighted by atomic mass is 10.1. The van der Waals surface area contributed by atoms with Crippen LogP contribution in [0.25, 0.3) is 22.6 Å². The van der Waals surface area contributed by atoms with Crippen molar-refractivity contribution in [2.45, 2.75) is 12.8 Å². The Morgan fingerprint density at radius 3 is 2.80 bits per heavy atom. The fourth-order valence-electron chi connectivity index (χ4n) is 2.96. The minimum absolute atomic E-state index is 0.106. The average molecular weight is 404 g/mol. The van der Waals surface area contributed by atoms with E-state index >= 15 is 0 Å². The van der Waals surface area contributed by atoms with E-state index in [9.17, 15) is 9.18 Å². The molecular formula is C21H17FN6O2. The van der Waals surface area contributed by atoms with Gasteiger partial charge in [0.05, 0.1) is 18.4 Å². The number of anilines is 1. The lowest BCUT2D eigenvalue weighted by molar-refractivity contribution is 0.102. The van der Waals surface area contributed by atoms with Crippen molar-refractivity contribution < 1.29 is 13.9 Å². The third-order valence-corrected chi connectivity index (χ3v) is 4.84. The number of aromatic nitrogens is 5. The monoisotopic (exact) mass is 404 g/mol. The second-order valence-corrected chi connectivity index (χ2v) is 7.15. The molecular weight excluding hydrogens is 387 g/mol. The van der Waals surface area contributed by atoms with Crippen LogP contribution >= 0.6 is 0 Å². The highest BCUT2D eigenvalue weighted by atomic mass is 19.1. The van der Waals surface area contributed by atoms with Gasteiger partial charge >= 0.3 is 0 Å². The van der Waals surface area contributed by atoms with Crippen molar-refractivity contribution in [1.29, 1.82) is 0 Å². The Balaban J connectivity index is 1.33. The van der Waals surface area contributed by atoms with Gasteiger partial charge < -0.3 is 10.1 Å². The van der Waals surface area contributed by atoms with E-state index in [4.69, 9.17) is 4.74 Å².